The van der Waals surface area contributed by atoms with Crippen LogP contribution in [0.3, 0.4) is 0 Å². The third kappa shape index (κ3) is 6.16. The van der Waals surface area contributed by atoms with Crippen LogP contribution >= 0.6 is 0 Å². The molecule has 0 aromatic carbocycles. The van der Waals surface area contributed by atoms with Crippen LogP contribution < -0.4 is 5.73 Å². The summed E-state index contributed by atoms with van der Waals surface area (Å²) in [5, 5.41) is 0. The maximum absolute atomic E-state index is 10.8. The van der Waals surface area contributed by atoms with Gasteiger partial charge in [0.05, 0.1) is 6.61 Å². The van der Waals surface area contributed by atoms with Gasteiger partial charge in [0.1, 0.15) is 6.04 Å². The molecule has 0 aromatic rings. The highest BCUT2D eigenvalue weighted by Crippen LogP contribution is 2.03. The molecule has 0 heterocycles. The Bertz CT molecular complexity index is 132. The van der Waals surface area contributed by atoms with Crippen LogP contribution in [0, 0.1) is 5.92 Å². The zero-order valence-electron chi connectivity index (χ0n) is 8.17. The van der Waals surface area contributed by atoms with Crippen LogP contribution in [0.4, 0.5) is 0 Å². The molecule has 2 N–H and O–H groups in total. The lowest BCUT2D eigenvalue weighted by Crippen LogP contribution is -2.28. The first-order valence-electron chi connectivity index (χ1n) is 4.46. The third-order valence-electron chi connectivity index (χ3n) is 1.54. The van der Waals surface area contributed by atoms with E-state index >= 15 is 0 Å². The maximum Gasteiger partial charge on any atom is 0.322 e. The standard InChI is InChI=1S/C9H19NO2/c1-7(2)5-4-6-12-9(11)8(3)10/h7-8H,4-6,10H2,1-3H3/t8-/m1/s1. The summed E-state index contributed by atoms with van der Waals surface area (Å²) in [6.45, 7) is 6.42. The van der Waals surface area contributed by atoms with Crippen LogP contribution in [0.15, 0.2) is 0 Å². The highest BCUT2D eigenvalue weighted by atomic mass is 16.5. The lowest BCUT2D eigenvalue weighted by Gasteiger charge is -2.07. The Morgan fingerprint density at radius 3 is 2.42 bits per heavy atom. The summed E-state index contributed by atoms with van der Waals surface area (Å²) in [6.07, 6.45) is 2.02. The van der Waals surface area contributed by atoms with Crippen molar-refractivity contribution in [3.8, 4) is 0 Å². The lowest BCUT2D eigenvalue weighted by atomic mass is 10.1. The SMILES string of the molecule is CC(C)CCCOC(=O)[C@@H](C)N. The zero-order chi connectivity index (χ0) is 9.56. The second-order valence-corrected chi connectivity index (χ2v) is 3.49. The van der Waals surface area contributed by atoms with Gasteiger partial charge in [-0.2, -0.15) is 0 Å². The van der Waals surface area contributed by atoms with Gasteiger partial charge >= 0.3 is 5.97 Å². The molecular formula is C9H19NO2. The molecule has 12 heavy (non-hydrogen) atoms. The Balaban J connectivity index is 3.26. The molecule has 0 saturated carbocycles. The fourth-order valence-electron chi connectivity index (χ4n) is 0.796. The summed E-state index contributed by atoms with van der Waals surface area (Å²) in [5.41, 5.74) is 5.30. The molecule has 0 rings (SSSR count). The summed E-state index contributed by atoms with van der Waals surface area (Å²) in [6, 6.07) is -0.496. The highest BCUT2D eigenvalue weighted by molar-refractivity contribution is 5.74. The van der Waals surface area contributed by atoms with Crippen molar-refractivity contribution in [3.05, 3.63) is 0 Å². The van der Waals surface area contributed by atoms with E-state index in [0.29, 0.717) is 12.5 Å². The van der Waals surface area contributed by atoms with Crippen molar-refractivity contribution in [2.24, 2.45) is 11.7 Å². The van der Waals surface area contributed by atoms with Crippen LogP contribution in [0.25, 0.3) is 0 Å². The number of hydrogen-bond donors (Lipinski definition) is 1. The van der Waals surface area contributed by atoms with Gasteiger partial charge < -0.3 is 10.5 Å². The van der Waals surface area contributed by atoms with Crippen LogP contribution in [-0.2, 0) is 9.53 Å². The summed E-state index contributed by atoms with van der Waals surface area (Å²) < 4.78 is 4.89. The Labute approximate surface area is 74.3 Å². The van der Waals surface area contributed by atoms with Gasteiger partial charge in [-0.1, -0.05) is 13.8 Å². The molecule has 1 atom stereocenters. The van der Waals surface area contributed by atoms with Crippen LogP contribution in [0.2, 0.25) is 0 Å². The van der Waals surface area contributed by atoms with Crippen molar-refractivity contribution < 1.29 is 9.53 Å². The highest BCUT2D eigenvalue weighted by Gasteiger charge is 2.07. The smallest absolute Gasteiger partial charge is 0.322 e. The summed E-state index contributed by atoms with van der Waals surface area (Å²) >= 11 is 0. The molecule has 0 aliphatic carbocycles. The Kier molecular flexibility index (Phi) is 5.72. The second-order valence-electron chi connectivity index (χ2n) is 3.49. The number of nitrogens with two attached hydrogens (primary N) is 1. The van der Waals surface area contributed by atoms with Crippen LogP contribution in [0.1, 0.15) is 33.6 Å². The Hall–Kier alpha value is -0.570. The van der Waals surface area contributed by atoms with Gasteiger partial charge in [-0.05, 0) is 25.7 Å². The van der Waals surface area contributed by atoms with E-state index in [1.165, 1.54) is 0 Å². The Morgan fingerprint density at radius 2 is 2.00 bits per heavy atom. The van der Waals surface area contributed by atoms with Crippen LogP contribution in [-0.4, -0.2) is 18.6 Å². The fraction of sp³-hybridized carbons (Fsp3) is 0.889. The van der Waals surface area contributed by atoms with Crippen molar-refractivity contribution in [1.82, 2.24) is 0 Å². The van der Waals surface area contributed by atoms with E-state index in [9.17, 15) is 4.79 Å². The van der Waals surface area contributed by atoms with Gasteiger partial charge in [-0.3, -0.25) is 4.79 Å². The summed E-state index contributed by atoms with van der Waals surface area (Å²) in [7, 11) is 0. The minimum Gasteiger partial charge on any atom is -0.465 e. The molecule has 0 spiro atoms. The minimum atomic E-state index is -0.496. The molecule has 0 unspecified atom stereocenters. The predicted octanol–water partition coefficient (Wildman–Crippen LogP) is 1.31. The van der Waals surface area contributed by atoms with Gasteiger partial charge in [-0.25, -0.2) is 0 Å². The van der Waals surface area contributed by atoms with E-state index in [4.69, 9.17) is 10.5 Å². The molecule has 3 nitrogen and oxygen atoms in total. The van der Waals surface area contributed by atoms with E-state index in [0.717, 1.165) is 12.8 Å². The molecule has 0 radical (unpaired) electrons. The van der Waals surface area contributed by atoms with E-state index in [-0.39, 0.29) is 5.97 Å². The van der Waals surface area contributed by atoms with Gasteiger partial charge in [0, 0.05) is 0 Å². The molecule has 0 aliphatic rings. The Morgan fingerprint density at radius 1 is 1.42 bits per heavy atom. The van der Waals surface area contributed by atoms with Crippen molar-refractivity contribution >= 4 is 5.97 Å². The van der Waals surface area contributed by atoms with Crippen molar-refractivity contribution in [2.45, 2.75) is 39.7 Å². The number of carbonyl (C=O) groups excluding carboxylic acids is 1. The zero-order valence-corrected chi connectivity index (χ0v) is 8.17. The number of esters is 1. The van der Waals surface area contributed by atoms with Gasteiger partial charge in [0.15, 0.2) is 0 Å². The average Bonchev–Trinajstić information content (AvgIpc) is 1.97. The molecule has 3 heteroatoms. The first kappa shape index (κ1) is 11.4. The first-order valence-corrected chi connectivity index (χ1v) is 4.46. The number of rotatable bonds is 5. The maximum atomic E-state index is 10.8. The fourth-order valence-corrected chi connectivity index (χ4v) is 0.796. The molecule has 72 valence electrons. The van der Waals surface area contributed by atoms with E-state index in [1.807, 2.05) is 0 Å². The second kappa shape index (κ2) is 6.00. The third-order valence-corrected chi connectivity index (χ3v) is 1.54. The summed E-state index contributed by atoms with van der Waals surface area (Å²) in [5.74, 6) is 0.359. The molecule has 0 fully saturated rings. The van der Waals surface area contributed by atoms with E-state index in [1.54, 1.807) is 6.92 Å². The largest absolute Gasteiger partial charge is 0.465 e. The molecule has 0 aliphatic heterocycles. The normalized spacial score (nSPS) is 13.1. The van der Waals surface area contributed by atoms with E-state index < -0.39 is 6.04 Å². The number of carbonyl (C=O) groups is 1. The lowest BCUT2D eigenvalue weighted by molar-refractivity contribution is -0.144. The number of ether oxygens (including phenoxy) is 1. The minimum absolute atomic E-state index is 0.307. The van der Waals surface area contributed by atoms with Gasteiger partial charge in [0.25, 0.3) is 0 Å². The topological polar surface area (TPSA) is 52.3 Å². The number of hydrogen-bond acceptors (Lipinski definition) is 3. The van der Waals surface area contributed by atoms with Gasteiger partial charge in [-0.15, -0.1) is 0 Å². The van der Waals surface area contributed by atoms with Crippen molar-refractivity contribution in [1.29, 1.82) is 0 Å². The first-order chi connectivity index (χ1) is 5.54. The molecule has 0 saturated heterocycles. The van der Waals surface area contributed by atoms with E-state index in [2.05, 4.69) is 13.8 Å². The predicted molar refractivity (Wildman–Crippen MR) is 48.7 cm³/mol. The molecule has 0 aromatic heterocycles. The van der Waals surface area contributed by atoms with Crippen LogP contribution in [0.5, 0.6) is 0 Å². The monoisotopic (exact) mass is 173 g/mol. The van der Waals surface area contributed by atoms with Crippen molar-refractivity contribution in [2.75, 3.05) is 6.61 Å². The summed E-state index contributed by atoms with van der Waals surface area (Å²) in [4.78, 5) is 10.8. The van der Waals surface area contributed by atoms with Gasteiger partial charge in [0.2, 0.25) is 0 Å². The quantitative estimate of drug-likeness (QED) is 0.504. The van der Waals surface area contributed by atoms with Crippen molar-refractivity contribution in [3.63, 3.8) is 0 Å². The average molecular weight is 173 g/mol. The molecular weight excluding hydrogens is 154 g/mol. The molecule has 0 amide bonds. The molecule has 0 bridgehead atoms.